The Labute approximate surface area is 117 Å². The molecule has 0 heterocycles. The molecule has 1 saturated carbocycles. The molecule has 5 heteroatoms. The highest BCUT2D eigenvalue weighted by Crippen LogP contribution is 2.31. The van der Waals surface area contributed by atoms with Crippen molar-refractivity contribution >= 4 is 11.9 Å². The summed E-state index contributed by atoms with van der Waals surface area (Å²) in [5.41, 5.74) is 0.992. The summed E-state index contributed by atoms with van der Waals surface area (Å²) in [7, 11) is 1.29. The maximum atomic E-state index is 13.4. The lowest BCUT2D eigenvalue weighted by atomic mass is 10.1. The molecule has 1 aromatic rings. The van der Waals surface area contributed by atoms with E-state index in [9.17, 15) is 14.0 Å². The topological polar surface area (TPSA) is 46.6 Å². The Hall–Kier alpha value is -1.91. The van der Waals surface area contributed by atoms with Crippen LogP contribution in [0.25, 0.3) is 0 Å². The van der Waals surface area contributed by atoms with E-state index in [1.807, 2.05) is 0 Å². The van der Waals surface area contributed by atoms with Crippen LogP contribution in [0.15, 0.2) is 18.2 Å². The van der Waals surface area contributed by atoms with Crippen LogP contribution in [0.4, 0.5) is 4.39 Å². The summed E-state index contributed by atoms with van der Waals surface area (Å²) in [4.78, 5) is 25.8. The van der Waals surface area contributed by atoms with E-state index in [4.69, 9.17) is 4.74 Å². The Morgan fingerprint density at radius 2 is 2.05 bits per heavy atom. The van der Waals surface area contributed by atoms with Crippen molar-refractivity contribution in [3.05, 3.63) is 35.1 Å². The third kappa shape index (κ3) is 2.81. The van der Waals surface area contributed by atoms with Gasteiger partial charge in [0.15, 0.2) is 0 Å². The zero-order chi connectivity index (χ0) is 14.9. The first-order chi connectivity index (χ1) is 9.45. The highest BCUT2D eigenvalue weighted by Gasteiger charge is 2.39. The van der Waals surface area contributed by atoms with Gasteiger partial charge in [0.05, 0.1) is 7.11 Å². The van der Waals surface area contributed by atoms with Crippen LogP contribution in [0.2, 0.25) is 0 Å². The molecule has 1 amide bonds. The lowest BCUT2D eigenvalue weighted by Gasteiger charge is -2.28. The third-order valence-corrected chi connectivity index (χ3v) is 3.56. The smallest absolute Gasteiger partial charge is 0.328 e. The molecule has 1 aromatic carbocycles. The second-order valence-corrected chi connectivity index (χ2v) is 5.10. The van der Waals surface area contributed by atoms with E-state index < -0.39 is 17.8 Å². The first kappa shape index (κ1) is 14.5. The number of amides is 1. The van der Waals surface area contributed by atoms with Gasteiger partial charge in [-0.1, -0.05) is 6.07 Å². The minimum absolute atomic E-state index is 0.0410. The van der Waals surface area contributed by atoms with Crippen molar-refractivity contribution in [2.75, 3.05) is 7.11 Å². The monoisotopic (exact) mass is 279 g/mol. The predicted octanol–water partition coefficient (Wildman–Crippen LogP) is 2.30. The van der Waals surface area contributed by atoms with Gasteiger partial charge in [-0.3, -0.25) is 4.79 Å². The molecule has 108 valence electrons. The second-order valence-electron chi connectivity index (χ2n) is 5.10. The summed E-state index contributed by atoms with van der Waals surface area (Å²) >= 11 is 0. The summed E-state index contributed by atoms with van der Waals surface area (Å²) < 4.78 is 18.1. The predicted molar refractivity (Wildman–Crippen MR) is 71.8 cm³/mol. The molecule has 0 radical (unpaired) electrons. The molecule has 0 bridgehead atoms. The molecule has 0 saturated heterocycles. The fourth-order valence-corrected chi connectivity index (χ4v) is 2.26. The van der Waals surface area contributed by atoms with Crippen molar-refractivity contribution in [1.29, 1.82) is 0 Å². The van der Waals surface area contributed by atoms with E-state index in [1.54, 1.807) is 19.9 Å². The van der Waals surface area contributed by atoms with Crippen molar-refractivity contribution in [3.8, 4) is 0 Å². The van der Waals surface area contributed by atoms with Gasteiger partial charge in [0.2, 0.25) is 0 Å². The van der Waals surface area contributed by atoms with Crippen molar-refractivity contribution in [2.24, 2.45) is 0 Å². The average Bonchev–Trinajstić information content (AvgIpc) is 3.25. The first-order valence-electron chi connectivity index (χ1n) is 6.62. The molecular weight excluding hydrogens is 261 g/mol. The zero-order valence-corrected chi connectivity index (χ0v) is 11.9. The Balaban J connectivity index is 2.32. The lowest BCUT2D eigenvalue weighted by Crippen LogP contribution is -2.45. The molecule has 0 N–H and O–H groups in total. The van der Waals surface area contributed by atoms with E-state index in [-0.39, 0.29) is 11.9 Å². The molecule has 0 aliphatic heterocycles. The number of hydrogen-bond donors (Lipinski definition) is 0. The number of carbonyl (C=O) groups is 2. The van der Waals surface area contributed by atoms with Gasteiger partial charge in [0, 0.05) is 11.6 Å². The maximum Gasteiger partial charge on any atom is 0.328 e. The molecule has 4 nitrogen and oxygen atoms in total. The van der Waals surface area contributed by atoms with Gasteiger partial charge in [-0.25, -0.2) is 9.18 Å². The number of rotatable bonds is 4. The second kappa shape index (κ2) is 5.61. The van der Waals surface area contributed by atoms with Crippen LogP contribution in [-0.2, 0) is 9.53 Å². The Kier molecular flexibility index (Phi) is 4.06. The summed E-state index contributed by atoms with van der Waals surface area (Å²) in [6, 6.07) is 3.48. The standard InChI is InChI=1S/C15H18FNO3/c1-9-4-5-11(16)8-13(9)14(18)17(12-6-7-12)10(2)15(19)20-3/h4-5,8,10,12H,6-7H2,1-3H3/t10-/m0/s1. The summed E-state index contributed by atoms with van der Waals surface area (Å²) in [5, 5.41) is 0. The average molecular weight is 279 g/mol. The molecule has 1 atom stereocenters. The molecular formula is C15H18FNO3. The van der Waals surface area contributed by atoms with Crippen LogP contribution >= 0.6 is 0 Å². The van der Waals surface area contributed by atoms with E-state index in [0.29, 0.717) is 11.1 Å². The van der Waals surface area contributed by atoms with Crippen LogP contribution in [0.1, 0.15) is 35.7 Å². The molecule has 1 aliphatic rings. The number of benzene rings is 1. The lowest BCUT2D eigenvalue weighted by molar-refractivity contribution is -0.145. The molecule has 2 rings (SSSR count). The Morgan fingerprint density at radius 1 is 1.40 bits per heavy atom. The highest BCUT2D eigenvalue weighted by molar-refractivity contribution is 5.98. The van der Waals surface area contributed by atoms with Crippen LogP contribution in [-0.4, -0.2) is 36.0 Å². The van der Waals surface area contributed by atoms with Crippen molar-refractivity contribution < 1.29 is 18.7 Å². The van der Waals surface area contributed by atoms with Crippen molar-refractivity contribution in [1.82, 2.24) is 4.90 Å². The quantitative estimate of drug-likeness (QED) is 0.794. The Morgan fingerprint density at radius 3 is 2.60 bits per heavy atom. The van der Waals surface area contributed by atoms with Crippen LogP contribution in [0.5, 0.6) is 0 Å². The number of ether oxygens (including phenoxy) is 1. The number of methoxy groups -OCH3 is 1. The first-order valence-corrected chi connectivity index (χ1v) is 6.62. The molecule has 0 spiro atoms. The minimum Gasteiger partial charge on any atom is -0.467 e. The van der Waals surface area contributed by atoms with Crippen LogP contribution in [0, 0.1) is 12.7 Å². The van der Waals surface area contributed by atoms with E-state index >= 15 is 0 Å². The maximum absolute atomic E-state index is 13.4. The number of halogens is 1. The minimum atomic E-state index is -0.664. The zero-order valence-electron chi connectivity index (χ0n) is 11.9. The normalized spacial score (nSPS) is 15.6. The largest absolute Gasteiger partial charge is 0.467 e. The van der Waals surface area contributed by atoms with Gasteiger partial charge in [0.1, 0.15) is 11.9 Å². The molecule has 0 aromatic heterocycles. The van der Waals surface area contributed by atoms with Crippen molar-refractivity contribution in [3.63, 3.8) is 0 Å². The summed E-state index contributed by atoms with van der Waals surface area (Å²) in [6.45, 7) is 3.39. The number of nitrogens with zero attached hydrogens (tertiary/aromatic N) is 1. The molecule has 1 fully saturated rings. The Bertz CT molecular complexity index is 540. The summed E-state index contributed by atoms with van der Waals surface area (Å²) in [5.74, 6) is -1.23. The van der Waals surface area contributed by atoms with Crippen molar-refractivity contribution in [2.45, 2.75) is 38.8 Å². The van der Waals surface area contributed by atoms with E-state index in [1.165, 1.54) is 24.1 Å². The fraction of sp³-hybridized carbons (Fsp3) is 0.467. The van der Waals surface area contributed by atoms with Gasteiger partial charge in [-0.2, -0.15) is 0 Å². The van der Waals surface area contributed by atoms with Gasteiger partial charge in [-0.15, -0.1) is 0 Å². The molecule has 20 heavy (non-hydrogen) atoms. The highest BCUT2D eigenvalue weighted by atomic mass is 19.1. The number of hydrogen-bond acceptors (Lipinski definition) is 3. The third-order valence-electron chi connectivity index (χ3n) is 3.56. The number of carbonyl (C=O) groups excluding carboxylic acids is 2. The fourth-order valence-electron chi connectivity index (χ4n) is 2.26. The number of aryl methyl sites for hydroxylation is 1. The summed E-state index contributed by atoms with van der Waals surface area (Å²) in [6.07, 6.45) is 1.73. The van der Waals surface area contributed by atoms with Gasteiger partial charge in [0.25, 0.3) is 5.91 Å². The van der Waals surface area contributed by atoms with Crippen LogP contribution in [0.3, 0.4) is 0 Å². The number of esters is 1. The molecule has 0 unspecified atom stereocenters. The van der Waals surface area contributed by atoms with E-state index in [0.717, 1.165) is 12.8 Å². The SMILES string of the molecule is COC(=O)[C@H](C)N(C(=O)c1cc(F)ccc1C)C1CC1. The van der Waals surface area contributed by atoms with Crippen LogP contribution < -0.4 is 0 Å². The van der Waals surface area contributed by atoms with Gasteiger partial charge >= 0.3 is 5.97 Å². The van der Waals surface area contributed by atoms with E-state index in [2.05, 4.69) is 0 Å². The van der Waals surface area contributed by atoms with Gasteiger partial charge in [-0.05, 0) is 44.4 Å². The van der Waals surface area contributed by atoms with Gasteiger partial charge < -0.3 is 9.64 Å². The molecule has 1 aliphatic carbocycles.